The van der Waals surface area contributed by atoms with Gasteiger partial charge in [0.2, 0.25) is 0 Å². The number of benzene rings is 5. The van der Waals surface area contributed by atoms with Crippen LogP contribution in [-0.2, 0) is 0 Å². The molecule has 2 nitrogen and oxygen atoms in total. The zero-order valence-electron chi connectivity index (χ0n) is 15.9. The highest BCUT2D eigenvalue weighted by Crippen LogP contribution is 2.35. The van der Waals surface area contributed by atoms with E-state index in [2.05, 4.69) is 12.1 Å². The predicted molar refractivity (Wildman–Crippen MR) is 126 cm³/mol. The van der Waals surface area contributed by atoms with E-state index in [9.17, 15) is 9.59 Å². The van der Waals surface area contributed by atoms with Crippen LogP contribution in [0, 0.1) is 0 Å². The third-order valence-corrected chi connectivity index (χ3v) is 6.52. The van der Waals surface area contributed by atoms with Gasteiger partial charge in [0, 0.05) is 21.5 Å². The topological polar surface area (TPSA) is 34.1 Å². The van der Waals surface area contributed by atoms with Crippen molar-refractivity contribution in [3.05, 3.63) is 105 Å². The summed E-state index contributed by atoms with van der Waals surface area (Å²) in [6, 6.07) is 28.0. The van der Waals surface area contributed by atoms with Gasteiger partial charge in [-0.15, -0.1) is 0 Å². The third-order valence-electron chi connectivity index (χ3n) is 6.52. The van der Waals surface area contributed by atoms with Gasteiger partial charge in [-0.05, 0) is 67.4 Å². The van der Waals surface area contributed by atoms with Gasteiger partial charge < -0.3 is 0 Å². The first-order valence-electron chi connectivity index (χ1n) is 10.0. The van der Waals surface area contributed by atoms with E-state index in [0.29, 0.717) is 0 Å². The Kier molecular flexibility index (Phi) is 2.80. The Morgan fingerprint density at radius 2 is 0.733 bits per heavy atom. The van der Waals surface area contributed by atoms with Crippen LogP contribution in [0.4, 0.5) is 0 Å². The van der Waals surface area contributed by atoms with E-state index in [1.807, 2.05) is 72.8 Å². The number of rotatable bonds is 0. The van der Waals surface area contributed by atoms with Crippen molar-refractivity contribution < 1.29 is 0 Å². The van der Waals surface area contributed by atoms with Gasteiger partial charge in [0.1, 0.15) is 0 Å². The SMILES string of the molecule is O=c1c2ccccc2c2cc3c(ccc4cc5c(=O)c6ccccc6c5cc43)cc12. The zero-order valence-corrected chi connectivity index (χ0v) is 15.9. The van der Waals surface area contributed by atoms with Gasteiger partial charge in [0.05, 0.1) is 0 Å². The Labute approximate surface area is 170 Å². The molecule has 0 aliphatic carbocycles. The summed E-state index contributed by atoms with van der Waals surface area (Å²) in [5, 5.41) is 11.4. The van der Waals surface area contributed by atoms with E-state index in [0.717, 1.165) is 64.6 Å². The molecular formula is C28H14O2. The minimum absolute atomic E-state index is 0.0936. The van der Waals surface area contributed by atoms with Crippen LogP contribution < -0.4 is 10.9 Å². The van der Waals surface area contributed by atoms with Crippen molar-refractivity contribution in [2.45, 2.75) is 0 Å². The Balaban J connectivity index is 1.72. The standard InChI is InChI=1S/C28H14O2/c29-27-19-7-3-1-5-17(19)23-13-21-15(11-25(23)27)9-10-16-12-26-24(14-22(16)21)18-6-2-4-8-20(18)28(26)30/h1-14H. The Bertz CT molecular complexity index is 1790. The Morgan fingerprint density at radius 3 is 1.17 bits per heavy atom. The largest absolute Gasteiger partial charge is 0.289 e. The lowest BCUT2D eigenvalue weighted by atomic mass is 9.97. The molecule has 0 heterocycles. The van der Waals surface area contributed by atoms with Crippen LogP contribution in [0.25, 0.3) is 64.6 Å². The van der Waals surface area contributed by atoms with Crippen LogP contribution in [0.2, 0.25) is 0 Å². The maximum absolute atomic E-state index is 12.9. The van der Waals surface area contributed by atoms with Crippen LogP contribution >= 0.6 is 0 Å². The highest BCUT2D eigenvalue weighted by Gasteiger charge is 2.14. The number of hydrogen-bond donors (Lipinski definition) is 0. The molecule has 0 unspecified atom stereocenters. The van der Waals surface area contributed by atoms with Crippen molar-refractivity contribution in [1.82, 2.24) is 0 Å². The molecule has 138 valence electrons. The molecule has 0 fully saturated rings. The summed E-state index contributed by atoms with van der Waals surface area (Å²) in [4.78, 5) is 25.8. The van der Waals surface area contributed by atoms with Gasteiger partial charge in [0.25, 0.3) is 0 Å². The molecule has 0 radical (unpaired) electrons. The molecule has 0 spiro atoms. The van der Waals surface area contributed by atoms with Gasteiger partial charge in [-0.25, -0.2) is 0 Å². The average molecular weight is 382 g/mol. The van der Waals surface area contributed by atoms with Crippen LogP contribution in [-0.4, -0.2) is 0 Å². The van der Waals surface area contributed by atoms with Crippen molar-refractivity contribution in [3.63, 3.8) is 0 Å². The van der Waals surface area contributed by atoms with Crippen molar-refractivity contribution >= 4 is 64.6 Å². The molecule has 0 aliphatic rings. The maximum atomic E-state index is 12.9. The molecule has 2 heteroatoms. The number of hydrogen-bond acceptors (Lipinski definition) is 2. The fourth-order valence-corrected chi connectivity index (χ4v) is 5.10. The van der Waals surface area contributed by atoms with Crippen molar-refractivity contribution in [2.75, 3.05) is 0 Å². The van der Waals surface area contributed by atoms with E-state index in [4.69, 9.17) is 0 Å². The smallest absolute Gasteiger partial charge is 0.194 e. The molecule has 0 aliphatic heterocycles. The van der Waals surface area contributed by atoms with Crippen molar-refractivity contribution in [1.29, 1.82) is 0 Å². The Morgan fingerprint density at radius 1 is 0.333 bits per heavy atom. The normalized spacial score (nSPS) is 12.3. The van der Waals surface area contributed by atoms with Crippen LogP contribution in [0.15, 0.2) is 94.5 Å². The third kappa shape index (κ3) is 1.84. The first-order chi connectivity index (χ1) is 14.7. The summed E-state index contributed by atoms with van der Waals surface area (Å²) >= 11 is 0. The van der Waals surface area contributed by atoms with Crippen LogP contribution in [0.5, 0.6) is 0 Å². The molecule has 7 aromatic rings. The summed E-state index contributed by atoms with van der Waals surface area (Å²) < 4.78 is 0. The average Bonchev–Trinajstić information content (AvgIpc) is 3.23. The summed E-state index contributed by atoms with van der Waals surface area (Å²) in [6.07, 6.45) is 0. The number of fused-ring (bicyclic) bond motifs is 9. The molecule has 0 bridgehead atoms. The van der Waals surface area contributed by atoms with E-state index in [-0.39, 0.29) is 10.9 Å². The van der Waals surface area contributed by atoms with Crippen LogP contribution in [0.1, 0.15) is 0 Å². The highest BCUT2D eigenvalue weighted by atomic mass is 16.1. The fraction of sp³-hybridized carbons (Fsp3) is 0. The van der Waals surface area contributed by atoms with Crippen molar-refractivity contribution in [3.8, 4) is 0 Å². The molecule has 0 atom stereocenters. The molecule has 0 saturated carbocycles. The monoisotopic (exact) mass is 382 g/mol. The van der Waals surface area contributed by atoms with Gasteiger partial charge in [-0.2, -0.15) is 0 Å². The second-order valence-electron chi connectivity index (χ2n) is 8.05. The first kappa shape index (κ1) is 15.8. The van der Waals surface area contributed by atoms with Crippen LogP contribution in [0.3, 0.4) is 0 Å². The van der Waals surface area contributed by atoms with E-state index >= 15 is 0 Å². The quantitative estimate of drug-likeness (QED) is 0.293. The molecule has 7 aromatic carbocycles. The van der Waals surface area contributed by atoms with E-state index < -0.39 is 0 Å². The lowest BCUT2D eigenvalue weighted by Gasteiger charge is -2.06. The molecule has 0 N–H and O–H groups in total. The minimum atomic E-state index is 0.0936. The molecule has 7 rings (SSSR count). The predicted octanol–water partition coefficient (Wildman–Crippen LogP) is 6.20. The first-order valence-corrected chi connectivity index (χ1v) is 10.0. The van der Waals surface area contributed by atoms with Gasteiger partial charge in [-0.3, -0.25) is 9.59 Å². The molecule has 0 amide bonds. The summed E-state index contributed by atoms with van der Waals surface area (Å²) in [7, 11) is 0. The highest BCUT2D eigenvalue weighted by molar-refractivity contribution is 6.23. The molecule has 0 saturated heterocycles. The minimum Gasteiger partial charge on any atom is -0.289 e. The summed E-state index contributed by atoms with van der Waals surface area (Å²) in [6.45, 7) is 0. The lowest BCUT2D eigenvalue weighted by molar-refractivity contribution is 1.80. The zero-order chi connectivity index (χ0) is 20.0. The van der Waals surface area contributed by atoms with Gasteiger partial charge in [0.15, 0.2) is 10.9 Å². The van der Waals surface area contributed by atoms with E-state index in [1.165, 1.54) is 0 Å². The second-order valence-corrected chi connectivity index (χ2v) is 8.05. The lowest BCUT2D eigenvalue weighted by Crippen LogP contribution is -1.94. The van der Waals surface area contributed by atoms with E-state index in [1.54, 1.807) is 0 Å². The van der Waals surface area contributed by atoms with Gasteiger partial charge >= 0.3 is 0 Å². The second kappa shape index (κ2) is 5.31. The maximum Gasteiger partial charge on any atom is 0.194 e. The molecule has 0 aromatic heterocycles. The summed E-state index contributed by atoms with van der Waals surface area (Å²) in [5.74, 6) is 0. The van der Waals surface area contributed by atoms with Crippen molar-refractivity contribution in [2.24, 2.45) is 0 Å². The Hall–Kier alpha value is -4.04. The molecule has 30 heavy (non-hydrogen) atoms. The molecular weight excluding hydrogens is 368 g/mol. The van der Waals surface area contributed by atoms with Gasteiger partial charge in [-0.1, -0.05) is 60.7 Å². The fourth-order valence-electron chi connectivity index (χ4n) is 5.10. The summed E-state index contributed by atoms with van der Waals surface area (Å²) in [5.41, 5.74) is 0.187.